The van der Waals surface area contributed by atoms with Crippen molar-refractivity contribution in [2.45, 2.75) is 12.8 Å². The van der Waals surface area contributed by atoms with Gasteiger partial charge >= 0.3 is 0 Å². The van der Waals surface area contributed by atoms with E-state index in [0.29, 0.717) is 12.0 Å². The highest BCUT2D eigenvalue weighted by Gasteiger charge is 2.08. The molecule has 0 aliphatic rings. The molecule has 0 atom stereocenters. The molecule has 4 heteroatoms. The SMILES string of the molecule is N#C/C(=C\C=C\c1ccc(O)c(O)c1)C(=O)CCc1ccccc1. The second-order valence-corrected chi connectivity index (χ2v) is 5.21. The number of hydrogen-bond donors (Lipinski definition) is 2. The molecule has 0 aliphatic carbocycles. The van der Waals surface area contributed by atoms with E-state index in [0.717, 1.165) is 5.56 Å². The van der Waals surface area contributed by atoms with Crippen molar-refractivity contribution in [3.63, 3.8) is 0 Å². The van der Waals surface area contributed by atoms with Crippen LogP contribution in [-0.4, -0.2) is 16.0 Å². The van der Waals surface area contributed by atoms with Crippen molar-refractivity contribution in [1.82, 2.24) is 0 Å². The molecule has 2 rings (SSSR count). The van der Waals surface area contributed by atoms with Gasteiger partial charge in [-0.1, -0.05) is 48.6 Å². The average Bonchev–Trinajstić information content (AvgIpc) is 2.60. The van der Waals surface area contributed by atoms with Crippen molar-refractivity contribution < 1.29 is 15.0 Å². The molecule has 2 aromatic carbocycles. The molecular weight excluding hydrogens is 302 g/mol. The molecule has 4 nitrogen and oxygen atoms in total. The van der Waals surface area contributed by atoms with Crippen LogP contribution >= 0.6 is 0 Å². The summed E-state index contributed by atoms with van der Waals surface area (Å²) in [6, 6.07) is 15.9. The van der Waals surface area contributed by atoms with Crippen molar-refractivity contribution in [3.8, 4) is 17.6 Å². The summed E-state index contributed by atoms with van der Waals surface area (Å²) in [5.41, 5.74) is 1.79. The summed E-state index contributed by atoms with van der Waals surface area (Å²) in [6.07, 6.45) is 5.54. The van der Waals surface area contributed by atoms with Crippen molar-refractivity contribution in [2.75, 3.05) is 0 Å². The second kappa shape index (κ2) is 8.35. The van der Waals surface area contributed by atoms with Gasteiger partial charge in [0.05, 0.1) is 5.57 Å². The van der Waals surface area contributed by atoms with Crippen LogP contribution in [0.4, 0.5) is 0 Å². The van der Waals surface area contributed by atoms with E-state index in [1.54, 1.807) is 18.2 Å². The monoisotopic (exact) mass is 319 g/mol. The number of phenolic OH excluding ortho intramolecular Hbond substituents is 2. The van der Waals surface area contributed by atoms with Crippen LogP contribution in [0.25, 0.3) is 6.08 Å². The summed E-state index contributed by atoms with van der Waals surface area (Å²) in [4.78, 5) is 12.1. The molecule has 0 aromatic heterocycles. The summed E-state index contributed by atoms with van der Waals surface area (Å²) in [5, 5.41) is 27.8. The van der Waals surface area contributed by atoms with Crippen LogP contribution in [0.1, 0.15) is 17.5 Å². The number of carbonyl (C=O) groups is 1. The Morgan fingerprint density at radius 1 is 1.08 bits per heavy atom. The van der Waals surface area contributed by atoms with Gasteiger partial charge < -0.3 is 10.2 Å². The Balaban J connectivity index is 2.00. The quantitative estimate of drug-likeness (QED) is 0.367. The minimum Gasteiger partial charge on any atom is -0.504 e. The summed E-state index contributed by atoms with van der Waals surface area (Å²) in [6.45, 7) is 0. The number of allylic oxidation sites excluding steroid dienone is 3. The number of ketones is 1. The van der Waals surface area contributed by atoms with E-state index in [-0.39, 0.29) is 29.3 Å². The van der Waals surface area contributed by atoms with Gasteiger partial charge in [-0.25, -0.2) is 0 Å². The number of benzene rings is 2. The molecule has 120 valence electrons. The smallest absolute Gasteiger partial charge is 0.173 e. The van der Waals surface area contributed by atoms with E-state index in [2.05, 4.69) is 0 Å². The molecule has 0 bridgehead atoms. The molecule has 0 fully saturated rings. The maximum Gasteiger partial charge on any atom is 0.173 e. The topological polar surface area (TPSA) is 81.3 Å². The minimum absolute atomic E-state index is 0.0881. The Kier molecular flexibility index (Phi) is 5.93. The zero-order valence-corrected chi connectivity index (χ0v) is 13.0. The number of hydrogen-bond acceptors (Lipinski definition) is 4. The highest BCUT2D eigenvalue weighted by Crippen LogP contribution is 2.25. The van der Waals surface area contributed by atoms with Gasteiger partial charge in [0.25, 0.3) is 0 Å². The van der Waals surface area contributed by atoms with Crippen LogP contribution in [0.2, 0.25) is 0 Å². The number of carbonyl (C=O) groups excluding carboxylic acids is 1. The molecule has 0 amide bonds. The Morgan fingerprint density at radius 3 is 2.50 bits per heavy atom. The molecule has 2 N–H and O–H groups in total. The first-order valence-electron chi connectivity index (χ1n) is 7.47. The molecule has 0 spiro atoms. The van der Waals surface area contributed by atoms with Gasteiger partial charge in [-0.15, -0.1) is 0 Å². The van der Waals surface area contributed by atoms with Crippen LogP contribution in [-0.2, 0) is 11.2 Å². The van der Waals surface area contributed by atoms with Gasteiger partial charge in [-0.05, 0) is 35.8 Å². The molecule has 0 unspecified atom stereocenters. The predicted molar refractivity (Wildman–Crippen MR) is 92.3 cm³/mol. The zero-order chi connectivity index (χ0) is 17.4. The number of nitrogens with zero attached hydrogens (tertiary/aromatic N) is 1. The van der Waals surface area contributed by atoms with E-state index in [9.17, 15) is 15.0 Å². The molecular formula is C20H17NO3. The fraction of sp³-hybridized carbons (Fsp3) is 0.100. The van der Waals surface area contributed by atoms with Gasteiger partial charge in [0.1, 0.15) is 6.07 Å². The Bertz CT molecular complexity index is 815. The van der Waals surface area contributed by atoms with Crippen molar-refractivity contribution in [3.05, 3.63) is 77.4 Å². The molecule has 0 saturated heterocycles. The van der Waals surface area contributed by atoms with E-state index >= 15 is 0 Å². The van der Waals surface area contributed by atoms with E-state index < -0.39 is 0 Å². The molecule has 24 heavy (non-hydrogen) atoms. The fourth-order valence-electron chi connectivity index (χ4n) is 2.13. The van der Waals surface area contributed by atoms with Gasteiger partial charge in [0.15, 0.2) is 17.3 Å². The number of aromatic hydroxyl groups is 2. The first kappa shape index (κ1) is 17.0. The lowest BCUT2D eigenvalue weighted by atomic mass is 10.0. The lowest BCUT2D eigenvalue weighted by molar-refractivity contribution is -0.115. The highest BCUT2D eigenvalue weighted by molar-refractivity contribution is 5.99. The third-order valence-electron chi connectivity index (χ3n) is 3.46. The number of rotatable bonds is 6. The summed E-state index contributed by atoms with van der Waals surface area (Å²) in [7, 11) is 0. The van der Waals surface area contributed by atoms with Crippen LogP contribution in [0, 0.1) is 11.3 Å². The van der Waals surface area contributed by atoms with Gasteiger partial charge in [-0.2, -0.15) is 5.26 Å². The Labute approximate surface area is 140 Å². The standard InChI is InChI=1S/C20H17NO3/c21-14-17(18(22)11-9-15-5-2-1-3-6-15)8-4-7-16-10-12-19(23)20(24)13-16/h1-8,10,12-13,23-24H,9,11H2/b7-4+,17-8+. The maximum atomic E-state index is 12.1. The maximum absolute atomic E-state index is 12.1. The normalized spacial score (nSPS) is 11.4. The predicted octanol–water partition coefficient (Wildman–Crippen LogP) is 3.76. The second-order valence-electron chi connectivity index (χ2n) is 5.21. The molecule has 0 heterocycles. The van der Waals surface area contributed by atoms with Crippen molar-refractivity contribution in [2.24, 2.45) is 0 Å². The van der Waals surface area contributed by atoms with E-state index in [1.807, 2.05) is 36.4 Å². The van der Waals surface area contributed by atoms with E-state index in [1.165, 1.54) is 18.2 Å². The lowest BCUT2D eigenvalue weighted by Crippen LogP contribution is -2.02. The van der Waals surface area contributed by atoms with Crippen molar-refractivity contribution in [1.29, 1.82) is 5.26 Å². The van der Waals surface area contributed by atoms with Gasteiger partial charge in [-0.3, -0.25) is 4.79 Å². The zero-order valence-electron chi connectivity index (χ0n) is 13.0. The van der Waals surface area contributed by atoms with Crippen molar-refractivity contribution >= 4 is 11.9 Å². The third-order valence-corrected chi connectivity index (χ3v) is 3.46. The number of Topliss-reactive ketones (excluding diaryl/α,β-unsaturated/α-hetero) is 1. The molecule has 2 aromatic rings. The summed E-state index contributed by atoms with van der Waals surface area (Å²) < 4.78 is 0. The number of phenols is 2. The summed E-state index contributed by atoms with van der Waals surface area (Å²) in [5.74, 6) is -0.628. The van der Waals surface area contributed by atoms with E-state index in [4.69, 9.17) is 5.26 Å². The number of aryl methyl sites for hydroxylation is 1. The van der Waals surface area contributed by atoms with Gasteiger partial charge in [0, 0.05) is 6.42 Å². The first-order valence-corrected chi connectivity index (χ1v) is 7.47. The third kappa shape index (κ3) is 4.85. The molecule has 0 radical (unpaired) electrons. The van der Waals surface area contributed by atoms with Gasteiger partial charge in [0.2, 0.25) is 0 Å². The summed E-state index contributed by atoms with van der Waals surface area (Å²) >= 11 is 0. The average molecular weight is 319 g/mol. The Hall–Kier alpha value is -3.32. The van der Waals surface area contributed by atoms with Crippen LogP contribution in [0.3, 0.4) is 0 Å². The molecule has 0 saturated carbocycles. The minimum atomic E-state index is -0.222. The van der Waals surface area contributed by atoms with Crippen LogP contribution in [0.15, 0.2) is 66.3 Å². The van der Waals surface area contributed by atoms with Crippen LogP contribution in [0.5, 0.6) is 11.5 Å². The fourth-order valence-corrected chi connectivity index (χ4v) is 2.13. The van der Waals surface area contributed by atoms with Crippen LogP contribution < -0.4 is 0 Å². The molecule has 0 aliphatic heterocycles. The Morgan fingerprint density at radius 2 is 1.83 bits per heavy atom. The first-order chi connectivity index (χ1) is 11.6. The largest absolute Gasteiger partial charge is 0.504 e. The lowest BCUT2D eigenvalue weighted by Gasteiger charge is -2.00. The number of nitriles is 1. The highest BCUT2D eigenvalue weighted by atomic mass is 16.3.